The van der Waals surface area contributed by atoms with Gasteiger partial charge in [-0.1, -0.05) is 15.9 Å². The number of carboxylic acids is 1. The number of nitrogens with zero attached hydrogens (tertiary/aromatic N) is 1. The van der Waals surface area contributed by atoms with E-state index in [1.165, 1.54) is 12.1 Å². The van der Waals surface area contributed by atoms with Crippen LogP contribution < -0.4 is 5.73 Å². The van der Waals surface area contributed by atoms with Gasteiger partial charge in [0.25, 0.3) is 5.91 Å². The minimum Gasteiger partial charge on any atom is -0.480 e. The molecule has 0 unspecified atom stereocenters. The predicted octanol–water partition coefficient (Wildman–Crippen LogP) is 0.461. The number of hydrogen-bond acceptors (Lipinski definition) is 3. The lowest BCUT2D eigenvalue weighted by Gasteiger charge is -2.18. The normalized spacial score (nSPS) is 9.83. The number of aliphatic carboxylic acids is 1. The van der Waals surface area contributed by atoms with E-state index in [2.05, 4.69) is 15.9 Å². The van der Waals surface area contributed by atoms with E-state index in [4.69, 9.17) is 10.8 Å². The third-order valence-electron chi connectivity index (χ3n) is 2.05. The fourth-order valence-electron chi connectivity index (χ4n) is 1.33. The van der Waals surface area contributed by atoms with Crippen LogP contribution in [0.3, 0.4) is 0 Å². The second-order valence-electron chi connectivity index (χ2n) is 3.53. The first-order valence-electron chi connectivity index (χ1n) is 4.95. The molecule has 18 heavy (non-hydrogen) atoms. The maximum Gasteiger partial charge on any atom is 0.323 e. The van der Waals surface area contributed by atoms with Crippen LogP contribution in [0.4, 0.5) is 0 Å². The molecular weight excluding hydrogens is 304 g/mol. The number of amides is 2. The SMILES string of the molecule is NC(=O)CN(CC(=O)O)C(=O)c1ccc(Br)cc1. The van der Waals surface area contributed by atoms with Gasteiger partial charge < -0.3 is 15.7 Å². The summed E-state index contributed by atoms with van der Waals surface area (Å²) in [5, 5.41) is 8.68. The molecule has 0 saturated heterocycles. The molecule has 0 bridgehead atoms. The fraction of sp³-hybridized carbons (Fsp3) is 0.182. The van der Waals surface area contributed by atoms with Crippen molar-refractivity contribution in [2.45, 2.75) is 0 Å². The van der Waals surface area contributed by atoms with Crippen molar-refractivity contribution in [2.75, 3.05) is 13.1 Å². The van der Waals surface area contributed by atoms with E-state index in [0.29, 0.717) is 5.56 Å². The summed E-state index contributed by atoms with van der Waals surface area (Å²) in [6.45, 7) is -1.00. The number of carbonyl (C=O) groups is 3. The van der Waals surface area contributed by atoms with Gasteiger partial charge in [0, 0.05) is 10.0 Å². The van der Waals surface area contributed by atoms with E-state index in [1.807, 2.05) is 0 Å². The number of rotatable bonds is 5. The Bertz CT molecular complexity index is 456. The highest BCUT2D eigenvalue weighted by molar-refractivity contribution is 9.10. The van der Waals surface area contributed by atoms with Crippen LogP contribution >= 0.6 is 15.9 Å². The standard InChI is InChI=1S/C11H11BrN2O4/c12-8-3-1-7(2-4-8)11(18)14(5-9(13)15)6-10(16)17/h1-4H,5-6H2,(H2,13,15)(H,16,17). The molecule has 0 atom stereocenters. The van der Waals surface area contributed by atoms with Gasteiger partial charge in [-0.05, 0) is 24.3 Å². The quantitative estimate of drug-likeness (QED) is 0.824. The molecule has 6 nitrogen and oxygen atoms in total. The Hall–Kier alpha value is -1.89. The van der Waals surface area contributed by atoms with E-state index in [0.717, 1.165) is 9.37 Å². The Kier molecular flexibility index (Phi) is 4.85. The Morgan fingerprint density at radius 3 is 2.17 bits per heavy atom. The van der Waals surface area contributed by atoms with Crippen LogP contribution in [0.15, 0.2) is 28.7 Å². The molecule has 0 spiro atoms. The van der Waals surface area contributed by atoms with Gasteiger partial charge in [-0.2, -0.15) is 0 Å². The first-order chi connectivity index (χ1) is 8.40. The number of primary amides is 1. The molecule has 0 heterocycles. The average molecular weight is 315 g/mol. The number of benzene rings is 1. The Labute approximate surface area is 112 Å². The van der Waals surface area contributed by atoms with Crippen LogP contribution in [-0.2, 0) is 9.59 Å². The molecule has 2 amide bonds. The summed E-state index contributed by atoms with van der Waals surface area (Å²) in [5.41, 5.74) is 5.27. The Morgan fingerprint density at radius 2 is 1.72 bits per heavy atom. The minimum absolute atomic E-state index is 0.292. The third-order valence-corrected chi connectivity index (χ3v) is 2.58. The second-order valence-corrected chi connectivity index (χ2v) is 4.44. The number of carbonyl (C=O) groups excluding carboxylic acids is 2. The number of hydrogen-bond donors (Lipinski definition) is 2. The van der Waals surface area contributed by atoms with Gasteiger partial charge in [0.15, 0.2) is 0 Å². The highest BCUT2D eigenvalue weighted by Gasteiger charge is 2.20. The summed E-state index contributed by atoms with van der Waals surface area (Å²) >= 11 is 3.22. The number of halogens is 1. The molecule has 1 aromatic rings. The maximum atomic E-state index is 12.0. The van der Waals surface area contributed by atoms with Gasteiger partial charge >= 0.3 is 5.97 Å². The first-order valence-corrected chi connectivity index (χ1v) is 5.74. The zero-order valence-electron chi connectivity index (χ0n) is 9.30. The van der Waals surface area contributed by atoms with Gasteiger partial charge in [0.2, 0.25) is 5.91 Å². The molecular formula is C11H11BrN2O4. The maximum absolute atomic E-state index is 12.0. The average Bonchev–Trinajstić information content (AvgIpc) is 2.27. The minimum atomic E-state index is -1.21. The predicted molar refractivity (Wildman–Crippen MR) is 66.9 cm³/mol. The molecule has 96 valence electrons. The number of nitrogens with two attached hydrogens (primary N) is 1. The summed E-state index contributed by atoms with van der Waals surface area (Å²) in [4.78, 5) is 34.3. The van der Waals surface area contributed by atoms with Crippen molar-refractivity contribution in [2.24, 2.45) is 5.73 Å². The summed E-state index contributed by atoms with van der Waals surface area (Å²) in [7, 11) is 0. The lowest BCUT2D eigenvalue weighted by molar-refractivity contribution is -0.138. The molecule has 1 aromatic carbocycles. The highest BCUT2D eigenvalue weighted by atomic mass is 79.9. The van der Waals surface area contributed by atoms with Crippen molar-refractivity contribution in [1.82, 2.24) is 4.90 Å². The molecule has 7 heteroatoms. The van der Waals surface area contributed by atoms with Gasteiger partial charge in [-0.15, -0.1) is 0 Å². The smallest absolute Gasteiger partial charge is 0.323 e. The summed E-state index contributed by atoms with van der Waals surface area (Å²) in [6.07, 6.45) is 0. The van der Waals surface area contributed by atoms with Crippen LogP contribution in [0.1, 0.15) is 10.4 Å². The molecule has 0 aliphatic carbocycles. The summed E-state index contributed by atoms with van der Waals surface area (Å²) in [6, 6.07) is 6.36. The topological polar surface area (TPSA) is 101 Å². The molecule has 1 rings (SSSR count). The lowest BCUT2D eigenvalue weighted by atomic mass is 10.2. The van der Waals surface area contributed by atoms with Crippen LogP contribution in [0.25, 0.3) is 0 Å². The van der Waals surface area contributed by atoms with Crippen molar-refractivity contribution in [3.8, 4) is 0 Å². The molecule has 0 aliphatic rings. The van der Waals surface area contributed by atoms with Gasteiger partial charge in [0.05, 0.1) is 0 Å². The molecule has 0 fully saturated rings. The van der Waals surface area contributed by atoms with Crippen molar-refractivity contribution >= 4 is 33.7 Å². The zero-order valence-corrected chi connectivity index (χ0v) is 10.9. The van der Waals surface area contributed by atoms with Crippen molar-refractivity contribution in [3.63, 3.8) is 0 Å². The molecule has 3 N–H and O–H groups in total. The molecule has 0 aliphatic heterocycles. The highest BCUT2D eigenvalue weighted by Crippen LogP contribution is 2.12. The van der Waals surface area contributed by atoms with Gasteiger partial charge in [-0.3, -0.25) is 14.4 Å². The lowest BCUT2D eigenvalue weighted by Crippen LogP contribution is -2.41. The van der Waals surface area contributed by atoms with E-state index in [1.54, 1.807) is 12.1 Å². The van der Waals surface area contributed by atoms with Crippen molar-refractivity contribution in [1.29, 1.82) is 0 Å². The second kappa shape index (κ2) is 6.15. The Balaban J connectivity index is 2.90. The van der Waals surface area contributed by atoms with Gasteiger partial charge in [-0.25, -0.2) is 0 Å². The van der Waals surface area contributed by atoms with Crippen molar-refractivity contribution < 1.29 is 19.5 Å². The monoisotopic (exact) mass is 314 g/mol. The summed E-state index contributed by atoms with van der Waals surface area (Å²) in [5.74, 6) is -2.52. The van der Waals surface area contributed by atoms with Gasteiger partial charge in [0.1, 0.15) is 13.1 Å². The van der Waals surface area contributed by atoms with Crippen molar-refractivity contribution in [3.05, 3.63) is 34.3 Å². The van der Waals surface area contributed by atoms with E-state index >= 15 is 0 Å². The van der Waals surface area contributed by atoms with Crippen LogP contribution in [-0.4, -0.2) is 40.9 Å². The molecule has 0 aromatic heterocycles. The summed E-state index contributed by atoms with van der Waals surface area (Å²) < 4.78 is 0.790. The molecule has 0 radical (unpaired) electrons. The molecule has 0 saturated carbocycles. The fourth-order valence-corrected chi connectivity index (χ4v) is 1.59. The number of carboxylic acid groups (broad SMARTS) is 1. The Morgan fingerprint density at radius 1 is 1.17 bits per heavy atom. The van der Waals surface area contributed by atoms with Crippen LogP contribution in [0, 0.1) is 0 Å². The zero-order chi connectivity index (χ0) is 13.7. The van der Waals surface area contributed by atoms with E-state index in [9.17, 15) is 14.4 Å². The van der Waals surface area contributed by atoms with E-state index in [-0.39, 0.29) is 0 Å². The van der Waals surface area contributed by atoms with E-state index < -0.39 is 30.9 Å². The largest absolute Gasteiger partial charge is 0.480 e. The van der Waals surface area contributed by atoms with Crippen LogP contribution in [0.5, 0.6) is 0 Å². The first kappa shape index (κ1) is 14.2. The third kappa shape index (κ3) is 4.17. The van der Waals surface area contributed by atoms with Crippen LogP contribution in [0.2, 0.25) is 0 Å².